The highest BCUT2D eigenvalue weighted by atomic mass is 28.1. The molecular weight excluding hydrogens is 197 g/mol. The van der Waals surface area contributed by atoms with E-state index >= 15 is 0 Å². The number of rotatable bonds is 2. The molecule has 0 radical (unpaired) electrons. The molecule has 0 saturated heterocycles. The lowest BCUT2D eigenvalue weighted by atomic mass is 10.2. The van der Waals surface area contributed by atoms with Crippen molar-refractivity contribution in [1.82, 2.24) is 0 Å². The molecule has 0 spiro atoms. The van der Waals surface area contributed by atoms with Crippen LogP contribution in [0, 0.1) is 0 Å². The molecule has 1 rings (SSSR count). The normalized spacial score (nSPS) is 11.6. The largest absolute Gasteiger partial charge is 0.573 e. The molecule has 0 aliphatic heterocycles. The van der Waals surface area contributed by atoms with Crippen LogP contribution in [0.5, 0.6) is 5.75 Å². The van der Waals surface area contributed by atoms with Gasteiger partial charge in [-0.1, -0.05) is 17.7 Å². The first kappa shape index (κ1) is 10.1. The van der Waals surface area contributed by atoms with E-state index in [-0.39, 0.29) is 5.75 Å². The van der Waals surface area contributed by atoms with Crippen LogP contribution in [0.2, 0.25) is 0 Å². The van der Waals surface area contributed by atoms with Crippen molar-refractivity contribution in [3.8, 4) is 5.75 Å². The summed E-state index contributed by atoms with van der Waals surface area (Å²) in [6.45, 7) is 0. The van der Waals surface area contributed by atoms with Gasteiger partial charge >= 0.3 is 6.36 Å². The first-order valence-electron chi connectivity index (χ1n) is 3.86. The Morgan fingerprint density at radius 1 is 1.15 bits per heavy atom. The predicted molar refractivity (Wildman–Crippen MR) is 46.8 cm³/mol. The van der Waals surface area contributed by atoms with E-state index in [1.165, 1.54) is 12.1 Å². The van der Waals surface area contributed by atoms with Crippen molar-refractivity contribution in [1.29, 1.82) is 0 Å². The molecule has 0 aliphatic carbocycles. The van der Waals surface area contributed by atoms with Crippen molar-refractivity contribution in [2.24, 2.45) is 0 Å². The van der Waals surface area contributed by atoms with Crippen LogP contribution in [0.4, 0.5) is 13.2 Å². The predicted octanol–water partition coefficient (Wildman–Crippen LogP) is 1.45. The zero-order valence-corrected chi connectivity index (χ0v) is 9.06. The average Bonchev–Trinajstić information content (AvgIpc) is 2.03. The molecule has 0 amide bonds. The third kappa shape index (κ3) is 3.50. The number of ether oxygens (including phenoxy) is 1. The summed E-state index contributed by atoms with van der Waals surface area (Å²) in [5.41, 5.74) is 1.04. The van der Waals surface area contributed by atoms with Gasteiger partial charge in [0.2, 0.25) is 0 Å². The zero-order valence-electron chi connectivity index (χ0n) is 7.06. The Morgan fingerprint density at radius 3 is 2.08 bits per heavy atom. The quantitative estimate of drug-likeness (QED) is 0.665. The molecule has 1 aromatic carbocycles. The molecule has 72 valence electrons. The molecule has 0 bridgehead atoms. The maximum absolute atomic E-state index is 11.7. The highest BCUT2D eigenvalue weighted by molar-refractivity contribution is 6.08. The summed E-state index contributed by atoms with van der Waals surface area (Å²) in [6, 6.07) is 6.90. The Morgan fingerprint density at radius 2 is 1.69 bits per heavy atom. The smallest absolute Gasteiger partial charge is 0.406 e. The minimum Gasteiger partial charge on any atom is -0.406 e. The molecule has 0 fully saturated rings. The van der Waals surface area contributed by atoms with Crippen molar-refractivity contribution in [3.05, 3.63) is 29.8 Å². The summed E-state index contributed by atoms with van der Waals surface area (Å²) >= 11 is 0. The molecule has 13 heavy (non-hydrogen) atoms. The average molecular weight is 206 g/mol. The van der Waals surface area contributed by atoms with Crippen molar-refractivity contribution in [3.63, 3.8) is 0 Å². The zero-order chi connectivity index (χ0) is 9.90. The Labute approximate surface area is 76.9 Å². The third-order valence-electron chi connectivity index (χ3n) is 1.57. The summed E-state index contributed by atoms with van der Waals surface area (Å²) in [5, 5.41) is 0. The van der Waals surface area contributed by atoms with Crippen molar-refractivity contribution in [2.45, 2.75) is 12.4 Å². The molecule has 0 aromatic heterocycles. The fourth-order valence-electron chi connectivity index (χ4n) is 0.927. The maximum Gasteiger partial charge on any atom is 0.573 e. The van der Waals surface area contributed by atoms with E-state index in [1.54, 1.807) is 12.1 Å². The Bertz CT molecular complexity index is 268. The highest BCUT2D eigenvalue weighted by Crippen LogP contribution is 2.22. The molecule has 0 unspecified atom stereocenters. The van der Waals surface area contributed by atoms with Crippen molar-refractivity contribution < 1.29 is 17.9 Å². The second-order valence-corrected chi connectivity index (χ2v) is 3.25. The first-order valence-corrected chi connectivity index (χ1v) is 5.27. The molecule has 1 aromatic rings. The molecule has 0 N–H and O–H groups in total. The van der Waals surface area contributed by atoms with Crippen LogP contribution in [0.1, 0.15) is 5.56 Å². The number of hydrogen-bond donors (Lipinski definition) is 0. The van der Waals surface area contributed by atoms with Crippen molar-refractivity contribution in [2.75, 3.05) is 0 Å². The summed E-state index contributed by atoms with van der Waals surface area (Å²) in [5.74, 6) is -0.161. The van der Waals surface area contributed by atoms with Gasteiger partial charge in [-0.15, -0.1) is 13.2 Å². The number of halogens is 3. The first-order chi connectivity index (χ1) is 6.01. The fraction of sp³-hybridized carbons (Fsp3) is 0.250. The monoisotopic (exact) mass is 206 g/mol. The van der Waals surface area contributed by atoms with Crippen LogP contribution in [0.3, 0.4) is 0 Å². The molecular formula is C8H9F3OSi. The topological polar surface area (TPSA) is 9.23 Å². The van der Waals surface area contributed by atoms with Crippen LogP contribution in [0.15, 0.2) is 24.3 Å². The maximum atomic E-state index is 11.7. The van der Waals surface area contributed by atoms with Crippen molar-refractivity contribution >= 4 is 10.2 Å². The van der Waals surface area contributed by atoms with Gasteiger partial charge < -0.3 is 4.74 Å². The van der Waals surface area contributed by atoms with Crippen LogP contribution in [-0.2, 0) is 6.04 Å². The van der Waals surface area contributed by atoms with Crippen LogP contribution in [0.25, 0.3) is 0 Å². The van der Waals surface area contributed by atoms with Gasteiger partial charge in [-0.25, -0.2) is 0 Å². The van der Waals surface area contributed by atoms with Gasteiger partial charge in [0.25, 0.3) is 0 Å². The highest BCUT2D eigenvalue weighted by Gasteiger charge is 2.30. The van der Waals surface area contributed by atoms with E-state index in [0.717, 1.165) is 21.9 Å². The SMILES string of the molecule is FC(F)(F)Oc1ccc(C[SiH3])cc1. The summed E-state index contributed by atoms with van der Waals surface area (Å²) in [4.78, 5) is 0. The Balaban J connectivity index is 2.70. The molecule has 0 saturated carbocycles. The van der Waals surface area contributed by atoms with E-state index in [0.29, 0.717) is 0 Å². The molecule has 0 heterocycles. The third-order valence-corrected chi connectivity index (χ3v) is 2.38. The Hall–Kier alpha value is -0.973. The van der Waals surface area contributed by atoms with Gasteiger partial charge in [0.05, 0.1) is 0 Å². The summed E-state index contributed by atoms with van der Waals surface area (Å²) in [6.07, 6.45) is -4.59. The van der Waals surface area contributed by atoms with Gasteiger partial charge in [-0.05, 0) is 18.2 Å². The van der Waals surface area contributed by atoms with Crippen LogP contribution >= 0.6 is 0 Å². The number of hydrogen-bond acceptors (Lipinski definition) is 1. The summed E-state index contributed by atoms with van der Waals surface area (Å²) < 4.78 is 38.8. The second-order valence-electron chi connectivity index (χ2n) is 2.55. The minimum atomic E-state index is -4.59. The van der Waals surface area contributed by atoms with Gasteiger partial charge in [0, 0.05) is 10.2 Å². The lowest BCUT2D eigenvalue weighted by Crippen LogP contribution is -2.17. The van der Waals surface area contributed by atoms with Gasteiger partial charge in [-0.2, -0.15) is 0 Å². The van der Waals surface area contributed by atoms with E-state index in [9.17, 15) is 13.2 Å². The van der Waals surface area contributed by atoms with Crippen LogP contribution in [-0.4, -0.2) is 16.6 Å². The second kappa shape index (κ2) is 3.82. The molecule has 5 heteroatoms. The lowest BCUT2D eigenvalue weighted by Gasteiger charge is -2.08. The van der Waals surface area contributed by atoms with Gasteiger partial charge in [0.15, 0.2) is 0 Å². The molecule has 0 aliphatic rings. The summed E-state index contributed by atoms with van der Waals surface area (Å²) in [7, 11) is 1.00. The lowest BCUT2D eigenvalue weighted by molar-refractivity contribution is -0.274. The van der Waals surface area contributed by atoms with Crippen LogP contribution < -0.4 is 4.74 Å². The van der Waals surface area contributed by atoms with E-state index in [1.807, 2.05) is 0 Å². The van der Waals surface area contributed by atoms with E-state index in [4.69, 9.17) is 0 Å². The fourth-order valence-corrected chi connectivity index (χ4v) is 1.40. The number of alkyl halides is 3. The number of benzene rings is 1. The van der Waals surface area contributed by atoms with E-state index in [2.05, 4.69) is 4.74 Å². The Kier molecular flexibility index (Phi) is 2.97. The molecule has 0 atom stereocenters. The van der Waals surface area contributed by atoms with E-state index < -0.39 is 6.36 Å². The minimum absolute atomic E-state index is 0.161. The van der Waals surface area contributed by atoms with Gasteiger partial charge in [-0.3, -0.25) is 0 Å². The van der Waals surface area contributed by atoms with Gasteiger partial charge in [0.1, 0.15) is 5.75 Å². The standard InChI is InChI=1S/C8H9F3OSi/c9-8(10,11)12-7-3-1-6(5-13)2-4-7/h1-4H,5H2,13H3. The molecule has 1 nitrogen and oxygen atoms in total.